The Hall–Kier alpha value is -2.53. The lowest BCUT2D eigenvalue weighted by atomic mass is 10.2. The first-order valence-corrected chi connectivity index (χ1v) is 8.30. The zero-order valence-electron chi connectivity index (χ0n) is 12.9. The summed E-state index contributed by atoms with van der Waals surface area (Å²) in [6.07, 6.45) is 0. The van der Waals surface area contributed by atoms with Crippen LogP contribution in [0.5, 0.6) is 5.75 Å². The summed E-state index contributed by atoms with van der Waals surface area (Å²) >= 11 is 3.42. The van der Waals surface area contributed by atoms with Crippen LogP contribution in [0, 0.1) is 0 Å². The molecule has 0 aliphatic rings. The first-order valence-electron chi connectivity index (χ1n) is 7.50. The molecule has 0 spiro atoms. The number of carbonyl (C=O) groups excluding carboxylic acids is 1. The lowest BCUT2D eigenvalue weighted by molar-refractivity contribution is 0.0919. The van der Waals surface area contributed by atoms with E-state index in [2.05, 4.69) is 21.2 Å². The number of nitrogens with one attached hydrogen (secondary N) is 1. The highest BCUT2D eigenvalue weighted by molar-refractivity contribution is 9.10. The van der Waals surface area contributed by atoms with Gasteiger partial charge in [0.25, 0.3) is 5.91 Å². The molecule has 1 aromatic heterocycles. The number of furan rings is 1. The molecule has 122 valence electrons. The molecule has 3 aromatic rings. The lowest BCUT2D eigenvalue weighted by Crippen LogP contribution is -2.22. The number of benzene rings is 2. The van der Waals surface area contributed by atoms with Gasteiger partial charge in [0.05, 0.1) is 4.47 Å². The Morgan fingerprint density at radius 1 is 1.00 bits per heavy atom. The van der Waals surface area contributed by atoms with Crippen LogP contribution in [-0.4, -0.2) is 5.91 Å². The van der Waals surface area contributed by atoms with E-state index in [1.54, 1.807) is 12.1 Å². The molecule has 4 nitrogen and oxygen atoms in total. The van der Waals surface area contributed by atoms with Crippen LogP contribution in [-0.2, 0) is 13.2 Å². The maximum atomic E-state index is 12.1. The molecule has 24 heavy (non-hydrogen) atoms. The van der Waals surface area contributed by atoms with Crippen molar-refractivity contribution in [1.29, 1.82) is 0 Å². The van der Waals surface area contributed by atoms with E-state index in [0.29, 0.717) is 12.3 Å². The molecular weight excluding hydrogens is 370 g/mol. The van der Waals surface area contributed by atoms with Gasteiger partial charge < -0.3 is 14.5 Å². The summed E-state index contributed by atoms with van der Waals surface area (Å²) in [6.45, 7) is 0.720. The van der Waals surface area contributed by atoms with Gasteiger partial charge in [-0.25, -0.2) is 0 Å². The molecule has 0 saturated heterocycles. The van der Waals surface area contributed by atoms with E-state index in [1.165, 1.54) is 0 Å². The van der Waals surface area contributed by atoms with Crippen LogP contribution in [0.1, 0.15) is 21.9 Å². The predicted octanol–water partition coefficient (Wildman–Crippen LogP) is 4.55. The molecular formula is C19H16BrNO3. The van der Waals surface area contributed by atoms with Crippen LogP contribution in [0.4, 0.5) is 0 Å². The number of carbonyl (C=O) groups is 1. The van der Waals surface area contributed by atoms with Crippen LogP contribution in [0.3, 0.4) is 0 Å². The van der Waals surface area contributed by atoms with Gasteiger partial charge in [-0.05, 0) is 45.8 Å². The normalized spacial score (nSPS) is 10.4. The predicted molar refractivity (Wildman–Crippen MR) is 94.8 cm³/mol. The maximum absolute atomic E-state index is 12.1. The van der Waals surface area contributed by atoms with Crippen molar-refractivity contribution in [2.45, 2.75) is 13.2 Å². The van der Waals surface area contributed by atoms with Gasteiger partial charge in [-0.2, -0.15) is 0 Å². The molecule has 0 saturated carbocycles. The molecule has 0 unspecified atom stereocenters. The van der Waals surface area contributed by atoms with E-state index >= 15 is 0 Å². The van der Waals surface area contributed by atoms with Gasteiger partial charge >= 0.3 is 0 Å². The fourth-order valence-corrected chi connectivity index (χ4v) is 2.55. The highest BCUT2D eigenvalue weighted by Gasteiger charge is 2.11. The van der Waals surface area contributed by atoms with Gasteiger partial charge in [0.2, 0.25) is 0 Å². The van der Waals surface area contributed by atoms with Crippen molar-refractivity contribution < 1.29 is 13.9 Å². The van der Waals surface area contributed by atoms with Crippen LogP contribution < -0.4 is 10.1 Å². The Kier molecular flexibility index (Phi) is 5.33. The first kappa shape index (κ1) is 16.3. The minimum atomic E-state index is -0.244. The van der Waals surface area contributed by atoms with Gasteiger partial charge in [0, 0.05) is 6.54 Å². The van der Waals surface area contributed by atoms with Gasteiger partial charge in [0.1, 0.15) is 18.1 Å². The van der Waals surface area contributed by atoms with Gasteiger partial charge in [-0.1, -0.05) is 42.5 Å². The zero-order valence-corrected chi connectivity index (χ0v) is 14.5. The van der Waals surface area contributed by atoms with Crippen LogP contribution >= 0.6 is 15.9 Å². The molecule has 5 heteroatoms. The molecule has 3 rings (SSSR count). The first-order chi connectivity index (χ1) is 11.7. The number of hydrogen-bond donors (Lipinski definition) is 1. The van der Waals surface area contributed by atoms with Crippen molar-refractivity contribution in [3.8, 4) is 5.75 Å². The molecule has 0 aliphatic carbocycles. The Bertz CT molecular complexity index is 814. The molecule has 1 heterocycles. The van der Waals surface area contributed by atoms with E-state index < -0.39 is 0 Å². The van der Waals surface area contributed by atoms with Crippen molar-refractivity contribution in [3.05, 3.63) is 88.3 Å². The molecule has 0 fully saturated rings. The van der Waals surface area contributed by atoms with Gasteiger partial charge in [-0.15, -0.1) is 0 Å². The Labute approximate surface area is 148 Å². The molecule has 1 N–H and O–H groups in total. The van der Waals surface area contributed by atoms with Gasteiger partial charge in [-0.3, -0.25) is 4.79 Å². The summed E-state index contributed by atoms with van der Waals surface area (Å²) in [5.41, 5.74) is 1.04. The second-order valence-electron chi connectivity index (χ2n) is 5.15. The van der Waals surface area contributed by atoms with E-state index in [9.17, 15) is 4.79 Å². The van der Waals surface area contributed by atoms with Gasteiger partial charge in [0.15, 0.2) is 5.76 Å². The average molecular weight is 386 g/mol. The molecule has 2 aromatic carbocycles. The Balaban J connectivity index is 1.55. The molecule has 0 bridgehead atoms. The standard InChI is InChI=1S/C19H16BrNO3/c20-16-8-4-5-9-17(16)23-13-15-10-11-18(24-15)19(22)21-12-14-6-2-1-3-7-14/h1-11H,12-13H2,(H,21,22). The second kappa shape index (κ2) is 7.84. The third kappa shape index (κ3) is 4.26. The molecule has 1 amide bonds. The van der Waals surface area contributed by atoms with Crippen molar-refractivity contribution in [2.24, 2.45) is 0 Å². The zero-order chi connectivity index (χ0) is 16.8. The summed E-state index contributed by atoms with van der Waals surface area (Å²) in [4.78, 5) is 12.1. The monoisotopic (exact) mass is 385 g/mol. The number of hydrogen-bond acceptors (Lipinski definition) is 3. The SMILES string of the molecule is O=C(NCc1ccccc1)c1ccc(COc2ccccc2Br)o1. The van der Waals surface area contributed by atoms with Crippen LogP contribution in [0.2, 0.25) is 0 Å². The summed E-state index contributed by atoms with van der Waals surface area (Å²) in [5.74, 6) is 1.35. The van der Waals surface area contributed by atoms with Crippen molar-refractivity contribution >= 4 is 21.8 Å². The number of halogens is 1. The van der Waals surface area contributed by atoms with E-state index in [0.717, 1.165) is 15.8 Å². The largest absolute Gasteiger partial charge is 0.484 e. The summed E-state index contributed by atoms with van der Waals surface area (Å²) in [7, 11) is 0. The fourth-order valence-electron chi connectivity index (χ4n) is 2.15. The van der Waals surface area contributed by atoms with Crippen molar-refractivity contribution in [3.63, 3.8) is 0 Å². The average Bonchev–Trinajstić information content (AvgIpc) is 3.09. The van der Waals surface area contributed by atoms with E-state index in [4.69, 9.17) is 9.15 Å². The van der Waals surface area contributed by atoms with E-state index in [-0.39, 0.29) is 18.3 Å². The second-order valence-corrected chi connectivity index (χ2v) is 6.01. The number of ether oxygens (including phenoxy) is 1. The highest BCUT2D eigenvalue weighted by Crippen LogP contribution is 2.24. The number of rotatable bonds is 6. The Morgan fingerprint density at radius 2 is 1.75 bits per heavy atom. The molecule has 0 radical (unpaired) electrons. The summed E-state index contributed by atoms with van der Waals surface area (Å²) in [6, 6.07) is 20.7. The Morgan fingerprint density at radius 3 is 2.54 bits per heavy atom. The fraction of sp³-hybridized carbons (Fsp3) is 0.105. The van der Waals surface area contributed by atoms with Crippen molar-refractivity contribution in [2.75, 3.05) is 0 Å². The van der Waals surface area contributed by atoms with E-state index in [1.807, 2.05) is 54.6 Å². The number of para-hydroxylation sites is 1. The highest BCUT2D eigenvalue weighted by atomic mass is 79.9. The van der Waals surface area contributed by atoms with Crippen LogP contribution in [0.25, 0.3) is 0 Å². The quantitative estimate of drug-likeness (QED) is 0.676. The maximum Gasteiger partial charge on any atom is 0.287 e. The summed E-state index contributed by atoms with van der Waals surface area (Å²) in [5, 5.41) is 2.83. The third-order valence-electron chi connectivity index (χ3n) is 3.39. The van der Waals surface area contributed by atoms with Crippen molar-refractivity contribution in [1.82, 2.24) is 5.32 Å². The smallest absolute Gasteiger partial charge is 0.287 e. The third-order valence-corrected chi connectivity index (χ3v) is 4.04. The van der Waals surface area contributed by atoms with Crippen LogP contribution in [0.15, 0.2) is 75.6 Å². The minimum Gasteiger partial charge on any atom is -0.484 e. The topological polar surface area (TPSA) is 51.5 Å². The molecule has 0 aliphatic heterocycles. The lowest BCUT2D eigenvalue weighted by Gasteiger charge is -2.06. The number of amides is 1. The minimum absolute atomic E-state index is 0.244. The molecule has 0 atom stereocenters. The summed E-state index contributed by atoms with van der Waals surface area (Å²) < 4.78 is 12.1.